The molecule has 1 N–H and O–H groups in total. The van der Waals surface area contributed by atoms with Crippen LogP contribution in [0.2, 0.25) is 0 Å². The molecule has 25 heavy (non-hydrogen) atoms. The Kier molecular flexibility index (Phi) is 4.05. The standard InChI is InChI=1S/C18H20N6O/c1-13-21-22-16-9-8-15(12-23(13)16)20-18(25)17(24-11-5-10-19-24)14-6-3-2-4-7-14/h2-7,10-11,15,17H,8-9,12H2,1H3,(H,20,25)/t15-,17+/m1/s1. The minimum atomic E-state index is -0.473. The van der Waals surface area contributed by atoms with Crippen LogP contribution in [0.15, 0.2) is 48.8 Å². The van der Waals surface area contributed by atoms with E-state index in [9.17, 15) is 4.79 Å². The van der Waals surface area contributed by atoms with Crippen LogP contribution in [0, 0.1) is 6.92 Å². The highest BCUT2D eigenvalue weighted by Gasteiger charge is 2.28. The molecule has 1 aliphatic rings. The van der Waals surface area contributed by atoms with Crippen LogP contribution in [0.5, 0.6) is 0 Å². The Morgan fingerprint density at radius 3 is 2.84 bits per heavy atom. The Balaban J connectivity index is 1.55. The summed E-state index contributed by atoms with van der Waals surface area (Å²) < 4.78 is 3.78. The summed E-state index contributed by atoms with van der Waals surface area (Å²) in [6, 6.07) is 11.1. The van der Waals surface area contributed by atoms with Crippen LogP contribution in [0.1, 0.15) is 29.7 Å². The van der Waals surface area contributed by atoms with Crippen molar-refractivity contribution in [3.63, 3.8) is 0 Å². The fourth-order valence-electron chi connectivity index (χ4n) is 3.35. The van der Waals surface area contributed by atoms with E-state index in [0.717, 1.165) is 30.1 Å². The normalized spacial score (nSPS) is 17.7. The number of aryl methyl sites for hydroxylation is 2. The van der Waals surface area contributed by atoms with E-state index in [2.05, 4.69) is 25.2 Å². The predicted molar refractivity (Wildman–Crippen MR) is 91.8 cm³/mol. The first-order chi connectivity index (χ1) is 12.2. The molecule has 7 heteroatoms. The molecular weight excluding hydrogens is 316 g/mol. The molecule has 1 aliphatic heterocycles. The number of carbonyl (C=O) groups excluding carboxylic acids is 1. The first kappa shape index (κ1) is 15.6. The number of fused-ring (bicyclic) bond motifs is 1. The van der Waals surface area contributed by atoms with Crippen LogP contribution in [-0.4, -0.2) is 36.5 Å². The minimum absolute atomic E-state index is 0.0472. The number of rotatable bonds is 4. The zero-order chi connectivity index (χ0) is 17.2. The number of carbonyl (C=O) groups is 1. The van der Waals surface area contributed by atoms with Crippen molar-refractivity contribution in [1.29, 1.82) is 0 Å². The number of amides is 1. The first-order valence-corrected chi connectivity index (χ1v) is 8.45. The Hall–Kier alpha value is -2.96. The van der Waals surface area contributed by atoms with Gasteiger partial charge in [0.15, 0.2) is 6.04 Å². The van der Waals surface area contributed by atoms with Crippen molar-refractivity contribution in [3.8, 4) is 0 Å². The van der Waals surface area contributed by atoms with Gasteiger partial charge in [0.1, 0.15) is 11.6 Å². The van der Waals surface area contributed by atoms with Gasteiger partial charge < -0.3 is 9.88 Å². The maximum Gasteiger partial charge on any atom is 0.249 e. The molecule has 7 nitrogen and oxygen atoms in total. The fourth-order valence-corrected chi connectivity index (χ4v) is 3.35. The molecule has 0 fully saturated rings. The Morgan fingerprint density at radius 2 is 2.08 bits per heavy atom. The highest BCUT2D eigenvalue weighted by atomic mass is 16.2. The van der Waals surface area contributed by atoms with E-state index in [1.807, 2.05) is 49.5 Å². The van der Waals surface area contributed by atoms with Crippen LogP contribution in [0.3, 0.4) is 0 Å². The molecule has 128 valence electrons. The summed E-state index contributed by atoms with van der Waals surface area (Å²) in [6.45, 7) is 2.65. The molecule has 0 unspecified atom stereocenters. The molecule has 0 bridgehead atoms. The molecule has 1 amide bonds. The number of aromatic nitrogens is 5. The second kappa shape index (κ2) is 6.51. The summed E-state index contributed by atoms with van der Waals surface area (Å²) >= 11 is 0. The third kappa shape index (κ3) is 3.05. The van der Waals surface area contributed by atoms with Crippen molar-refractivity contribution in [2.75, 3.05) is 0 Å². The van der Waals surface area contributed by atoms with Gasteiger partial charge in [-0.05, 0) is 25.0 Å². The number of hydrogen-bond donors (Lipinski definition) is 1. The van der Waals surface area contributed by atoms with Gasteiger partial charge in [0.2, 0.25) is 5.91 Å². The smallest absolute Gasteiger partial charge is 0.249 e. The molecule has 3 aromatic rings. The summed E-state index contributed by atoms with van der Waals surface area (Å²) in [5.41, 5.74) is 0.917. The van der Waals surface area contributed by atoms with Crippen molar-refractivity contribution >= 4 is 5.91 Å². The van der Waals surface area contributed by atoms with Crippen molar-refractivity contribution < 1.29 is 4.79 Å². The lowest BCUT2D eigenvalue weighted by molar-refractivity contribution is -0.124. The predicted octanol–water partition coefficient (Wildman–Crippen LogP) is 1.50. The molecule has 3 heterocycles. The second-order valence-corrected chi connectivity index (χ2v) is 6.32. The van der Waals surface area contributed by atoms with E-state index < -0.39 is 6.04 Å². The van der Waals surface area contributed by atoms with E-state index in [1.54, 1.807) is 10.9 Å². The maximum absolute atomic E-state index is 13.0. The molecule has 0 aliphatic carbocycles. The average molecular weight is 336 g/mol. The molecule has 4 rings (SSSR count). The van der Waals surface area contributed by atoms with Gasteiger partial charge in [0.25, 0.3) is 0 Å². The van der Waals surface area contributed by atoms with Gasteiger partial charge in [-0.2, -0.15) is 5.10 Å². The lowest BCUT2D eigenvalue weighted by Gasteiger charge is -2.27. The molecule has 1 aromatic carbocycles. The Labute approximate surface area is 145 Å². The van der Waals surface area contributed by atoms with Gasteiger partial charge >= 0.3 is 0 Å². The monoisotopic (exact) mass is 336 g/mol. The summed E-state index contributed by atoms with van der Waals surface area (Å²) in [4.78, 5) is 13.0. The summed E-state index contributed by atoms with van der Waals surface area (Å²) in [5, 5.41) is 15.8. The molecule has 2 aromatic heterocycles. The molecule has 0 spiro atoms. The number of nitrogens with one attached hydrogen (secondary N) is 1. The zero-order valence-corrected chi connectivity index (χ0v) is 14.0. The van der Waals surface area contributed by atoms with E-state index >= 15 is 0 Å². The highest BCUT2D eigenvalue weighted by molar-refractivity contribution is 5.83. The number of nitrogens with zero attached hydrogens (tertiary/aromatic N) is 5. The van der Waals surface area contributed by atoms with Crippen LogP contribution >= 0.6 is 0 Å². The van der Waals surface area contributed by atoms with Gasteiger partial charge in [0.05, 0.1) is 0 Å². The topological polar surface area (TPSA) is 77.6 Å². The van der Waals surface area contributed by atoms with E-state index in [1.165, 1.54) is 0 Å². The molecule has 0 saturated heterocycles. The first-order valence-electron chi connectivity index (χ1n) is 8.45. The summed E-state index contributed by atoms with van der Waals surface area (Å²) in [6.07, 6.45) is 5.20. The summed E-state index contributed by atoms with van der Waals surface area (Å²) in [7, 11) is 0. The maximum atomic E-state index is 13.0. The lowest BCUT2D eigenvalue weighted by atomic mass is 10.0. The number of benzene rings is 1. The highest BCUT2D eigenvalue weighted by Crippen LogP contribution is 2.20. The fraction of sp³-hybridized carbons (Fsp3) is 0.333. The van der Waals surface area contributed by atoms with Gasteiger partial charge in [-0.15, -0.1) is 10.2 Å². The number of hydrogen-bond acceptors (Lipinski definition) is 4. The largest absolute Gasteiger partial charge is 0.349 e. The Bertz CT molecular complexity index is 855. The molecule has 0 radical (unpaired) electrons. The third-order valence-corrected chi connectivity index (χ3v) is 4.63. The van der Waals surface area contributed by atoms with E-state index in [0.29, 0.717) is 6.54 Å². The minimum Gasteiger partial charge on any atom is -0.349 e. The van der Waals surface area contributed by atoms with Gasteiger partial charge in [-0.1, -0.05) is 30.3 Å². The summed E-state index contributed by atoms with van der Waals surface area (Å²) in [5.74, 6) is 1.84. The third-order valence-electron chi connectivity index (χ3n) is 4.63. The van der Waals surface area contributed by atoms with Crippen LogP contribution in [-0.2, 0) is 17.8 Å². The van der Waals surface area contributed by atoms with Crippen LogP contribution in [0.25, 0.3) is 0 Å². The SMILES string of the molecule is Cc1nnc2n1C[C@H](NC(=O)[C@H](c1ccccc1)n1cccn1)CC2. The van der Waals surface area contributed by atoms with Gasteiger partial charge in [-0.25, -0.2) is 0 Å². The van der Waals surface area contributed by atoms with Crippen molar-refractivity contribution in [1.82, 2.24) is 29.9 Å². The lowest BCUT2D eigenvalue weighted by Crippen LogP contribution is -2.44. The van der Waals surface area contributed by atoms with Crippen molar-refractivity contribution in [3.05, 3.63) is 66.0 Å². The Morgan fingerprint density at radius 1 is 1.24 bits per heavy atom. The van der Waals surface area contributed by atoms with E-state index in [4.69, 9.17) is 0 Å². The van der Waals surface area contributed by atoms with E-state index in [-0.39, 0.29) is 11.9 Å². The zero-order valence-electron chi connectivity index (χ0n) is 14.0. The molecule has 0 saturated carbocycles. The molecule has 2 atom stereocenters. The van der Waals surface area contributed by atoms with Crippen molar-refractivity contribution in [2.24, 2.45) is 0 Å². The molecular formula is C18H20N6O. The van der Waals surface area contributed by atoms with Crippen LogP contribution in [0.4, 0.5) is 0 Å². The quantitative estimate of drug-likeness (QED) is 0.783. The average Bonchev–Trinajstić information content (AvgIpc) is 3.27. The van der Waals surface area contributed by atoms with Crippen molar-refractivity contribution in [2.45, 2.75) is 38.4 Å². The van der Waals surface area contributed by atoms with Crippen LogP contribution < -0.4 is 5.32 Å². The van der Waals surface area contributed by atoms with Gasteiger partial charge in [0, 0.05) is 31.4 Å². The van der Waals surface area contributed by atoms with Gasteiger partial charge in [-0.3, -0.25) is 9.48 Å². The second-order valence-electron chi connectivity index (χ2n) is 6.32.